The standard InChI is InChI=1S/C22H19N3O4S/c1-15-14-30-22-23-16(11-21(27)25(15)22)12-29-19-10-6-5-9-18(19)24-20(26)13-28-17-7-3-2-4-8-17/h2-11,14H,12-13H2,1H3,(H,24,26). The van der Waals surface area contributed by atoms with Gasteiger partial charge in [-0.05, 0) is 31.2 Å². The summed E-state index contributed by atoms with van der Waals surface area (Å²) in [4.78, 5) is 29.7. The molecule has 0 aliphatic rings. The van der Waals surface area contributed by atoms with E-state index in [1.807, 2.05) is 30.5 Å². The van der Waals surface area contributed by atoms with Crippen molar-refractivity contribution >= 4 is 27.9 Å². The van der Waals surface area contributed by atoms with Gasteiger partial charge < -0.3 is 14.8 Å². The lowest BCUT2D eigenvalue weighted by molar-refractivity contribution is -0.118. The summed E-state index contributed by atoms with van der Waals surface area (Å²) in [5, 5.41) is 4.67. The summed E-state index contributed by atoms with van der Waals surface area (Å²) in [5.41, 5.74) is 1.75. The van der Waals surface area contributed by atoms with E-state index in [0.29, 0.717) is 27.8 Å². The van der Waals surface area contributed by atoms with Crippen LogP contribution in [0.3, 0.4) is 0 Å². The number of hydrogen-bond donors (Lipinski definition) is 1. The average molecular weight is 421 g/mol. The van der Waals surface area contributed by atoms with Gasteiger partial charge in [0.2, 0.25) is 0 Å². The van der Waals surface area contributed by atoms with E-state index in [1.54, 1.807) is 40.8 Å². The van der Waals surface area contributed by atoms with Gasteiger partial charge in [0.05, 0.1) is 11.4 Å². The summed E-state index contributed by atoms with van der Waals surface area (Å²) in [5.74, 6) is 0.797. The summed E-state index contributed by atoms with van der Waals surface area (Å²) in [6, 6.07) is 17.7. The molecule has 0 saturated carbocycles. The van der Waals surface area contributed by atoms with Crippen LogP contribution in [-0.4, -0.2) is 21.9 Å². The Bertz CT molecular complexity index is 1230. The minimum absolute atomic E-state index is 0.107. The zero-order valence-corrected chi connectivity index (χ0v) is 17.0. The summed E-state index contributed by atoms with van der Waals surface area (Å²) < 4.78 is 12.9. The van der Waals surface area contributed by atoms with Gasteiger partial charge in [-0.2, -0.15) is 0 Å². The van der Waals surface area contributed by atoms with Gasteiger partial charge in [-0.15, -0.1) is 11.3 Å². The van der Waals surface area contributed by atoms with Gasteiger partial charge in [0.15, 0.2) is 11.6 Å². The maximum Gasteiger partial charge on any atom is 0.262 e. The maximum absolute atomic E-state index is 12.3. The Morgan fingerprint density at radius 1 is 1.10 bits per heavy atom. The van der Waals surface area contributed by atoms with Gasteiger partial charge in [0.25, 0.3) is 11.5 Å². The van der Waals surface area contributed by atoms with Crippen LogP contribution in [0.4, 0.5) is 5.69 Å². The molecule has 30 heavy (non-hydrogen) atoms. The van der Waals surface area contributed by atoms with Gasteiger partial charge in [0, 0.05) is 17.1 Å². The van der Waals surface area contributed by atoms with Crippen LogP contribution in [0, 0.1) is 6.92 Å². The molecule has 0 saturated heterocycles. The van der Waals surface area contributed by atoms with Crippen LogP contribution in [0.2, 0.25) is 0 Å². The number of carbonyl (C=O) groups excluding carboxylic acids is 1. The molecule has 2 aromatic heterocycles. The fourth-order valence-corrected chi connectivity index (χ4v) is 3.76. The molecule has 0 aliphatic carbocycles. The second kappa shape index (κ2) is 8.79. The van der Waals surface area contributed by atoms with Crippen LogP contribution in [0.1, 0.15) is 11.4 Å². The molecule has 152 valence electrons. The minimum atomic E-state index is -0.304. The maximum atomic E-state index is 12.3. The first kappa shape index (κ1) is 19.7. The molecule has 0 unspecified atom stereocenters. The normalized spacial score (nSPS) is 10.7. The van der Waals surface area contributed by atoms with Crippen molar-refractivity contribution in [3.63, 3.8) is 0 Å². The first-order chi connectivity index (χ1) is 14.6. The number of rotatable bonds is 7. The molecule has 7 nitrogen and oxygen atoms in total. The second-order valence-corrected chi connectivity index (χ2v) is 7.35. The van der Waals surface area contributed by atoms with Crippen molar-refractivity contribution < 1.29 is 14.3 Å². The Labute approximate surface area is 176 Å². The Balaban J connectivity index is 1.42. The van der Waals surface area contributed by atoms with Gasteiger partial charge >= 0.3 is 0 Å². The molecule has 4 aromatic rings. The highest BCUT2D eigenvalue weighted by Gasteiger charge is 2.11. The van der Waals surface area contributed by atoms with Crippen molar-refractivity contribution in [3.8, 4) is 11.5 Å². The Kier molecular flexibility index (Phi) is 5.76. The number of nitrogens with zero attached hydrogens (tertiary/aromatic N) is 2. The lowest BCUT2D eigenvalue weighted by Crippen LogP contribution is -2.20. The number of fused-ring (bicyclic) bond motifs is 1. The third-order valence-electron chi connectivity index (χ3n) is 4.28. The Morgan fingerprint density at radius 3 is 2.70 bits per heavy atom. The molecule has 0 radical (unpaired) electrons. The van der Waals surface area contributed by atoms with Crippen LogP contribution in [0.25, 0.3) is 4.96 Å². The first-order valence-electron chi connectivity index (χ1n) is 9.26. The molecule has 0 fully saturated rings. The van der Waals surface area contributed by atoms with Crippen LogP contribution in [0.5, 0.6) is 11.5 Å². The highest BCUT2D eigenvalue weighted by molar-refractivity contribution is 7.15. The van der Waals surface area contributed by atoms with E-state index in [1.165, 1.54) is 17.4 Å². The number of benzene rings is 2. The average Bonchev–Trinajstić information content (AvgIpc) is 3.13. The molecular formula is C22H19N3O4S. The smallest absolute Gasteiger partial charge is 0.262 e. The molecule has 1 N–H and O–H groups in total. The highest BCUT2D eigenvalue weighted by atomic mass is 32.1. The van der Waals surface area contributed by atoms with Crippen LogP contribution in [0.15, 0.2) is 70.8 Å². The van der Waals surface area contributed by atoms with Crippen LogP contribution in [-0.2, 0) is 11.4 Å². The molecule has 1 amide bonds. The molecule has 2 heterocycles. The number of nitrogens with one attached hydrogen (secondary N) is 1. The first-order valence-corrected chi connectivity index (χ1v) is 10.1. The largest absolute Gasteiger partial charge is 0.485 e. The fourth-order valence-electron chi connectivity index (χ4n) is 2.87. The number of aromatic nitrogens is 2. The molecule has 0 aliphatic heterocycles. The van der Waals surface area contributed by atoms with Gasteiger partial charge in [0.1, 0.15) is 18.1 Å². The van der Waals surface area contributed by atoms with Crippen molar-refractivity contribution in [2.24, 2.45) is 0 Å². The number of amides is 1. The van der Waals surface area contributed by atoms with E-state index in [-0.39, 0.29) is 24.7 Å². The van der Waals surface area contributed by atoms with E-state index in [0.717, 1.165) is 5.69 Å². The van der Waals surface area contributed by atoms with E-state index < -0.39 is 0 Å². The molecular weight excluding hydrogens is 402 g/mol. The molecule has 0 spiro atoms. The van der Waals surface area contributed by atoms with E-state index in [2.05, 4.69) is 10.3 Å². The van der Waals surface area contributed by atoms with Crippen molar-refractivity contribution in [1.82, 2.24) is 9.38 Å². The van der Waals surface area contributed by atoms with Crippen LogP contribution < -0.4 is 20.3 Å². The highest BCUT2D eigenvalue weighted by Crippen LogP contribution is 2.24. The zero-order valence-electron chi connectivity index (χ0n) is 16.2. The van der Waals surface area contributed by atoms with Gasteiger partial charge in [-0.3, -0.25) is 14.0 Å². The molecule has 4 rings (SSSR count). The van der Waals surface area contributed by atoms with E-state index in [4.69, 9.17) is 9.47 Å². The van der Waals surface area contributed by atoms with Crippen LogP contribution >= 0.6 is 11.3 Å². The minimum Gasteiger partial charge on any atom is -0.485 e. The van der Waals surface area contributed by atoms with Gasteiger partial charge in [-0.25, -0.2) is 4.98 Å². The number of para-hydroxylation sites is 3. The molecule has 8 heteroatoms. The Hall–Kier alpha value is -3.65. The Morgan fingerprint density at radius 2 is 1.87 bits per heavy atom. The number of ether oxygens (including phenoxy) is 2. The second-order valence-electron chi connectivity index (χ2n) is 6.52. The molecule has 2 aromatic carbocycles. The van der Waals surface area contributed by atoms with Crippen molar-refractivity contribution in [2.45, 2.75) is 13.5 Å². The van der Waals surface area contributed by atoms with Gasteiger partial charge in [-0.1, -0.05) is 30.3 Å². The number of anilines is 1. The van der Waals surface area contributed by atoms with Crippen molar-refractivity contribution in [2.75, 3.05) is 11.9 Å². The SMILES string of the molecule is Cc1csc2nc(COc3ccccc3NC(=O)COc3ccccc3)cc(=O)n12. The summed E-state index contributed by atoms with van der Waals surface area (Å²) in [6.45, 7) is 1.85. The predicted octanol–water partition coefficient (Wildman–Crippen LogP) is 3.66. The number of hydrogen-bond acceptors (Lipinski definition) is 6. The number of carbonyl (C=O) groups is 1. The lowest BCUT2D eigenvalue weighted by atomic mass is 10.3. The molecule has 0 bridgehead atoms. The summed E-state index contributed by atoms with van der Waals surface area (Å²) in [7, 11) is 0. The topological polar surface area (TPSA) is 81.9 Å². The zero-order chi connectivity index (χ0) is 20.9. The number of aryl methyl sites for hydroxylation is 1. The molecule has 0 atom stereocenters. The summed E-state index contributed by atoms with van der Waals surface area (Å²) >= 11 is 1.40. The number of thiazole rings is 1. The summed E-state index contributed by atoms with van der Waals surface area (Å²) in [6.07, 6.45) is 0. The van der Waals surface area contributed by atoms with E-state index in [9.17, 15) is 9.59 Å². The predicted molar refractivity (Wildman–Crippen MR) is 115 cm³/mol. The third kappa shape index (κ3) is 4.49. The van der Waals surface area contributed by atoms with Crippen molar-refractivity contribution in [3.05, 3.63) is 87.8 Å². The lowest BCUT2D eigenvalue weighted by Gasteiger charge is -2.13. The third-order valence-corrected chi connectivity index (χ3v) is 5.22. The van der Waals surface area contributed by atoms with Crippen molar-refractivity contribution in [1.29, 1.82) is 0 Å². The fraction of sp³-hybridized carbons (Fsp3) is 0.136. The van der Waals surface area contributed by atoms with E-state index >= 15 is 0 Å². The quantitative estimate of drug-likeness (QED) is 0.492. The monoisotopic (exact) mass is 421 g/mol.